The quantitative estimate of drug-likeness (QED) is 0.518. The molecule has 3 heteroatoms. The van der Waals surface area contributed by atoms with Crippen molar-refractivity contribution >= 4 is 12.7 Å². The van der Waals surface area contributed by atoms with Crippen LogP contribution in [0.4, 0.5) is 0 Å². The molecule has 3 nitrogen and oxygen atoms in total. The Morgan fingerprint density at radius 3 is 2.77 bits per heavy atom. The van der Waals surface area contributed by atoms with E-state index in [0.29, 0.717) is 5.75 Å². The van der Waals surface area contributed by atoms with Crippen LogP contribution in [0.2, 0.25) is 0 Å². The molecular formula is C10H12N2O. The van der Waals surface area contributed by atoms with Gasteiger partial charge in [0.2, 0.25) is 0 Å². The molecule has 0 saturated carbocycles. The maximum absolute atomic E-state index is 7.19. The second-order valence-electron chi connectivity index (χ2n) is 2.83. The van der Waals surface area contributed by atoms with Crippen LogP contribution in [0.1, 0.15) is 11.1 Å². The minimum Gasteiger partial charge on any atom is -0.424 e. The smallest absolute Gasteiger partial charge is 0.313 e. The summed E-state index contributed by atoms with van der Waals surface area (Å²) in [5.74, 6) is 0.664. The predicted molar refractivity (Wildman–Crippen MR) is 53.8 cm³/mol. The average molecular weight is 176 g/mol. The summed E-state index contributed by atoms with van der Waals surface area (Å²) < 4.78 is 5.13. The zero-order chi connectivity index (χ0) is 9.84. The van der Waals surface area contributed by atoms with Gasteiger partial charge >= 0.3 is 6.02 Å². The van der Waals surface area contributed by atoms with Crippen molar-refractivity contribution < 1.29 is 4.74 Å². The Morgan fingerprint density at radius 1 is 1.46 bits per heavy atom. The van der Waals surface area contributed by atoms with Crippen LogP contribution in [-0.2, 0) is 0 Å². The summed E-state index contributed by atoms with van der Waals surface area (Å²) in [4.78, 5) is 3.37. The third-order valence-electron chi connectivity index (χ3n) is 1.69. The van der Waals surface area contributed by atoms with Gasteiger partial charge < -0.3 is 4.74 Å². The van der Waals surface area contributed by atoms with Crippen LogP contribution in [0.15, 0.2) is 23.2 Å². The molecule has 1 rings (SSSR count). The van der Waals surface area contributed by atoms with Crippen LogP contribution < -0.4 is 4.74 Å². The molecule has 0 amide bonds. The van der Waals surface area contributed by atoms with Crippen LogP contribution >= 0.6 is 0 Å². The molecule has 0 aliphatic heterocycles. The summed E-state index contributed by atoms with van der Waals surface area (Å²) in [6.45, 7) is 7.10. The van der Waals surface area contributed by atoms with E-state index in [1.165, 1.54) is 0 Å². The Kier molecular flexibility index (Phi) is 2.80. The molecular weight excluding hydrogens is 164 g/mol. The Hall–Kier alpha value is -1.64. The highest BCUT2D eigenvalue weighted by atomic mass is 16.5. The highest BCUT2D eigenvalue weighted by Gasteiger charge is 2.01. The number of nitrogens with zero attached hydrogens (tertiary/aromatic N) is 1. The van der Waals surface area contributed by atoms with Crippen molar-refractivity contribution in [3.8, 4) is 5.75 Å². The lowest BCUT2D eigenvalue weighted by Gasteiger charge is -2.06. The second kappa shape index (κ2) is 3.85. The molecule has 0 saturated heterocycles. The molecule has 0 heterocycles. The molecule has 0 unspecified atom stereocenters. The van der Waals surface area contributed by atoms with E-state index >= 15 is 0 Å². The van der Waals surface area contributed by atoms with Crippen molar-refractivity contribution in [1.29, 1.82) is 5.41 Å². The van der Waals surface area contributed by atoms with Gasteiger partial charge in [0.25, 0.3) is 0 Å². The number of aryl methyl sites for hydroxylation is 2. The number of hydrogen-bond acceptors (Lipinski definition) is 2. The third kappa shape index (κ3) is 2.40. The Morgan fingerprint density at radius 2 is 2.15 bits per heavy atom. The number of amidine groups is 1. The molecule has 1 N–H and O–H groups in total. The number of aliphatic imine (C=N–C) groups is 1. The van der Waals surface area contributed by atoms with Crippen molar-refractivity contribution in [3.05, 3.63) is 29.3 Å². The van der Waals surface area contributed by atoms with E-state index in [-0.39, 0.29) is 6.02 Å². The molecule has 0 spiro atoms. The SMILES string of the molecule is C=NC(=N)Oc1cc(C)ccc1C. The predicted octanol–water partition coefficient (Wildman–Crippen LogP) is 2.32. The first-order valence-corrected chi connectivity index (χ1v) is 3.94. The number of benzene rings is 1. The number of ether oxygens (including phenoxy) is 1. The van der Waals surface area contributed by atoms with Gasteiger partial charge in [0.1, 0.15) is 5.75 Å². The maximum Gasteiger partial charge on any atom is 0.313 e. The molecule has 0 fully saturated rings. The summed E-state index contributed by atoms with van der Waals surface area (Å²) in [5.41, 5.74) is 2.08. The average Bonchev–Trinajstić information content (AvgIpc) is 2.11. The Bertz CT molecular complexity index is 345. The molecule has 0 aliphatic rings. The number of nitrogens with one attached hydrogen (secondary N) is 1. The highest BCUT2D eigenvalue weighted by Crippen LogP contribution is 2.19. The first-order chi connectivity index (χ1) is 6.13. The van der Waals surface area contributed by atoms with E-state index < -0.39 is 0 Å². The topological polar surface area (TPSA) is 45.4 Å². The first kappa shape index (κ1) is 9.45. The van der Waals surface area contributed by atoms with Crippen LogP contribution in [-0.4, -0.2) is 12.7 Å². The molecule has 13 heavy (non-hydrogen) atoms. The van der Waals surface area contributed by atoms with E-state index in [1.54, 1.807) is 0 Å². The Labute approximate surface area is 77.6 Å². The lowest BCUT2D eigenvalue weighted by molar-refractivity contribution is 0.533. The van der Waals surface area contributed by atoms with Gasteiger partial charge in [-0.1, -0.05) is 12.1 Å². The minimum absolute atomic E-state index is 0.172. The largest absolute Gasteiger partial charge is 0.424 e. The summed E-state index contributed by atoms with van der Waals surface area (Å²) >= 11 is 0. The van der Waals surface area contributed by atoms with E-state index in [0.717, 1.165) is 11.1 Å². The summed E-state index contributed by atoms with van der Waals surface area (Å²) in [5, 5.41) is 7.19. The number of rotatable bonds is 1. The highest BCUT2D eigenvalue weighted by molar-refractivity contribution is 5.77. The molecule has 1 aromatic carbocycles. The van der Waals surface area contributed by atoms with Crippen LogP contribution in [0.3, 0.4) is 0 Å². The second-order valence-corrected chi connectivity index (χ2v) is 2.83. The van der Waals surface area contributed by atoms with Crippen molar-refractivity contribution in [2.75, 3.05) is 0 Å². The van der Waals surface area contributed by atoms with E-state index in [4.69, 9.17) is 10.1 Å². The molecule has 0 aliphatic carbocycles. The molecule has 0 bridgehead atoms. The zero-order valence-electron chi connectivity index (χ0n) is 7.79. The molecule has 0 radical (unpaired) electrons. The van der Waals surface area contributed by atoms with Gasteiger partial charge in [-0.15, -0.1) is 0 Å². The lowest BCUT2D eigenvalue weighted by atomic mass is 10.1. The van der Waals surface area contributed by atoms with Gasteiger partial charge in [0.05, 0.1) is 0 Å². The van der Waals surface area contributed by atoms with Gasteiger partial charge in [-0.2, -0.15) is 0 Å². The van der Waals surface area contributed by atoms with E-state index in [1.807, 2.05) is 32.0 Å². The van der Waals surface area contributed by atoms with Gasteiger partial charge in [0.15, 0.2) is 0 Å². The van der Waals surface area contributed by atoms with Crippen LogP contribution in [0, 0.1) is 19.3 Å². The van der Waals surface area contributed by atoms with Gasteiger partial charge in [-0.25, -0.2) is 10.4 Å². The fourth-order valence-corrected chi connectivity index (χ4v) is 0.954. The lowest BCUT2D eigenvalue weighted by Crippen LogP contribution is -2.03. The van der Waals surface area contributed by atoms with Gasteiger partial charge in [-0.3, -0.25) is 0 Å². The molecule has 0 aromatic heterocycles. The summed E-state index contributed by atoms with van der Waals surface area (Å²) in [7, 11) is 0. The third-order valence-corrected chi connectivity index (χ3v) is 1.69. The van der Waals surface area contributed by atoms with Crippen molar-refractivity contribution in [2.45, 2.75) is 13.8 Å². The van der Waals surface area contributed by atoms with Gasteiger partial charge in [-0.05, 0) is 37.8 Å². The summed E-state index contributed by atoms with van der Waals surface area (Å²) in [6.07, 6.45) is 0. The standard InChI is InChI=1S/C10H12N2O/c1-7-4-5-8(2)9(6-7)13-10(11)12-3/h4-6,11H,3H2,1-2H3. The van der Waals surface area contributed by atoms with E-state index in [9.17, 15) is 0 Å². The maximum atomic E-state index is 7.19. The monoisotopic (exact) mass is 176 g/mol. The fraction of sp³-hybridized carbons (Fsp3) is 0.200. The summed E-state index contributed by atoms with van der Waals surface area (Å²) in [6, 6.07) is 5.64. The van der Waals surface area contributed by atoms with Gasteiger partial charge in [0, 0.05) is 0 Å². The van der Waals surface area contributed by atoms with Crippen LogP contribution in [0.5, 0.6) is 5.75 Å². The zero-order valence-corrected chi connectivity index (χ0v) is 7.79. The van der Waals surface area contributed by atoms with Crippen molar-refractivity contribution in [1.82, 2.24) is 0 Å². The van der Waals surface area contributed by atoms with Crippen LogP contribution in [0.25, 0.3) is 0 Å². The number of hydrogen-bond donors (Lipinski definition) is 1. The van der Waals surface area contributed by atoms with E-state index in [2.05, 4.69) is 11.7 Å². The van der Waals surface area contributed by atoms with Crippen molar-refractivity contribution in [3.63, 3.8) is 0 Å². The normalized spacial score (nSPS) is 9.38. The molecule has 0 atom stereocenters. The molecule has 68 valence electrons. The first-order valence-electron chi connectivity index (χ1n) is 3.94. The fourth-order valence-electron chi connectivity index (χ4n) is 0.954. The minimum atomic E-state index is -0.172. The molecule has 1 aromatic rings. The Balaban J connectivity index is 2.93. The van der Waals surface area contributed by atoms with Crippen molar-refractivity contribution in [2.24, 2.45) is 4.99 Å².